The van der Waals surface area contributed by atoms with E-state index in [0.29, 0.717) is 18.1 Å². The molecule has 0 spiro atoms. The average molecular weight is 256 g/mol. The molecule has 1 aromatic carbocycles. The van der Waals surface area contributed by atoms with E-state index in [4.69, 9.17) is 9.47 Å². The smallest absolute Gasteiger partial charge is 0.338 e. The van der Waals surface area contributed by atoms with E-state index < -0.39 is 0 Å². The van der Waals surface area contributed by atoms with Gasteiger partial charge >= 0.3 is 5.97 Å². The van der Waals surface area contributed by atoms with Crippen LogP contribution in [-0.2, 0) is 14.3 Å². The zero-order chi connectivity index (χ0) is 13.2. The molecular weight excluding hydrogens is 240 g/mol. The van der Waals surface area contributed by atoms with Crippen molar-refractivity contribution in [3.63, 3.8) is 0 Å². The minimum Gasteiger partial charge on any atom is -0.465 e. The highest BCUT2D eigenvalue weighted by molar-refractivity contribution is 6.01. The highest BCUT2D eigenvalue weighted by atomic mass is 16.5. The molecular formula is C16H16O3. The van der Waals surface area contributed by atoms with Gasteiger partial charge in [-0.1, -0.05) is 30.3 Å². The number of ether oxygens (including phenoxy) is 2. The lowest BCUT2D eigenvalue weighted by molar-refractivity contribution is -0.135. The molecule has 1 aliphatic heterocycles. The molecule has 3 nitrogen and oxygen atoms in total. The fourth-order valence-corrected chi connectivity index (χ4v) is 2.73. The first-order chi connectivity index (χ1) is 9.29. The summed E-state index contributed by atoms with van der Waals surface area (Å²) in [5.41, 5.74) is 4.03. The Kier molecular flexibility index (Phi) is 3.22. The maximum absolute atomic E-state index is 12.0. The quantitative estimate of drug-likeness (QED) is 0.763. The number of hydrogen-bond acceptors (Lipinski definition) is 3. The molecule has 1 fully saturated rings. The lowest BCUT2D eigenvalue weighted by Crippen LogP contribution is -2.15. The second-order valence-electron chi connectivity index (χ2n) is 4.89. The Balaban J connectivity index is 2.08. The van der Waals surface area contributed by atoms with E-state index in [-0.39, 0.29) is 5.97 Å². The molecule has 3 rings (SSSR count). The summed E-state index contributed by atoms with van der Waals surface area (Å²) in [7, 11) is 1.42. The molecule has 0 amide bonds. The standard InChI is InChI=1S/C16H16O3/c1-18-16(17)15-8-13-10-19-9-12(13)7-14(15)11-5-3-2-4-6-11/h2-6,8,12H,7,9-10H2,1H3/t12-/m1/s1. The minimum absolute atomic E-state index is 0.267. The molecule has 0 radical (unpaired) electrons. The molecule has 1 atom stereocenters. The van der Waals surface area contributed by atoms with Crippen molar-refractivity contribution in [2.24, 2.45) is 5.92 Å². The van der Waals surface area contributed by atoms with Crippen LogP contribution in [0.1, 0.15) is 12.0 Å². The van der Waals surface area contributed by atoms with Crippen LogP contribution in [0.3, 0.4) is 0 Å². The van der Waals surface area contributed by atoms with Crippen LogP contribution >= 0.6 is 0 Å². The van der Waals surface area contributed by atoms with Crippen LogP contribution in [-0.4, -0.2) is 26.3 Å². The van der Waals surface area contributed by atoms with Crippen LogP contribution in [0.25, 0.3) is 5.57 Å². The van der Waals surface area contributed by atoms with Crippen molar-refractivity contribution in [1.82, 2.24) is 0 Å². The molecule has 1 saturated heterocycles. The number of esters is 1. The van der Waals surface area contributed by atoms with Gasteiger partial charge in [-0.2, -0.15) is 0 Å². The highest BCUT2D eigenvalue weighted by Gasteiger charge is 2.30. The van der Waals surface area contributed by atoms with Gasteiger partial charge in [0.15, 0.2) is 0 Å². The Morgan fingerprint density at radius 2 is 2.11 bits per heavy atom. The van der Waals surface area contributed by atoms with Crippen molar-refractivity contribution in [2.45, 2.75) is 6.42 Å². The third-order valence-corrected chi connectivity index (χ3v) is 3.75. The van der Waals surface area contributed by atoms with Gasteiger partial charge in [0.25, 0.3) is 0 Å². The van der Waals surface area contributed by atoms with E-state index >= 15 is 0 Å². The Labute approximate surface area is 112 Å². The molecule has 3 heteroatoms. The fraction of sp³-hybridized carbons (Fsp3) is 0.312. The second kappa shape index (κ2) is 5.02. The maximum atomic E-state index is 12.0. The van der Waals surface area contributed by atoms with Gasteiger partial charge in [-0.25, -0.2) is 4.79 Å². The Hall–Kier alpha value is -1.87. The summed E-state index contributed by atoms with van der Waals surface area (Å²) < 4.78 is 10.4. The molecule has 1 aromatic rings. The van der Waals surface area contributed by atoms with Crippen molar-refractivity contribution in [3.05, 3.63) is 53.1 Å². The largest absolute Gasteiger partial charge is 0.465 e. The van der Waals surface area contributed by atoms with Crippen molar-refractivity contribution in [1.29, 1.82) is 0 Å². The number of carbonyl (C=O) groups is 1. The molecule has 0 N–H and O–H groups in total. The predicted molar refractivity (Wildman–Crippen MR) is 72.4 cm³/mol. The van der Waals surface area contributed by atoms with Gasteiger partial charge in [0.1, 0.15) is 0 Å². The second-order valence-corrected chi connectivity index (χ2v) is 4.89. The van der Waals surface area contributed by atoms with Crippen LogP contribution in [0.15, 0.2) is 47.6 Å². The van der Waals surface area contributed by atoms with Gasteiger partial charge in [-0.3, -0.25) is 0 Å². The van der Waals surface area contributed by atoms with Crippen LogP contribution in [0.4, 0.5) is 0 Å². The van der Waals surface area contributed by atoms with E-state index in [1.54, 1.807) is 0 Å². The number of carbonyl (C=O) groups excluding carboxylic acids is 1. The zero-order valence-electron chi connectivity index (χ0n) is 10.9. The summed E-state index contributed by atoms with van der Waals surface area (Å²) in [4.78, 5) is 12.0. The predicted octanol–water partition coefficient (Wildman–Crippen LogP) is 2.59. The lowest BCUT2D eigenvalue weighted by Gasteiger charge is -2.21. The molecule has 1 heterocycles. The summed E-state index contributed by atoms with van der Waals surface area (Å²) in [6.45, 7) is 1.38. The number of benzene rings is 1. The summed E-state index contributed by atoms with van der Waals surface area (Å²) in [5.74, 6) is 0.139. The molecule has 0 aromatic heterocycles. The third-order valence-electron chi connectivity index (χ3n) is 3.75. The first-order valence-electron chi connectivity index (χ1n) is 6.44. The third kappa shape index (κ3) is 2.22. The van der Waals surface area contributed by atoms with Crippen molar-refractivity contribution in [2.75, 3.05) is 20.3 Å². The number of methoxy groups -OCH3 is 1. The van der Waals surface area contributed by atoms with Gasteiger partial charge < -0.3 is 9.47 Å². The summed E-state index contributed by atoms with van der Waals surface area (Å²) in [6, 6.07) is 10.0. The van der Waals surface area contributed by atoms with Gasteiger partial charge in [0, 0.05) is 5.92 Å². The minimum atomic E-state index is -0.267. The number of hydrogen-bond donors (Lipinski definition) is 0. The SMILES string of the molecule is COC(=O)C1=C(c2ccccc2)C[C@@H]2COCC2=C1. The summed E-state index contributed by atoms with van der Waals surface area (Å²) in [5, 5.41) is 0. The highest BCUT2D eigenvalue weighted by Crippen LogP contribution is 2.38. The summed E-state index contributed by atoms with van der Waals surface area (Å²) >= 11 is 0. The summed E-state index contributed by atoms with van der Waals surface area (Å²) in [6.07, 6.45) is 2.80. The Morgan fingerprint density at radius 3 is 2.84 bits per heavy atom. The average Bonchev–Trinajstić information content (AvgIpc) is 2.93. The fourth-order valence-electron chi connectivity index (χ4n) is 2.73. The number of allylic oxidation sites excluding steroid dienone is 1. The van der Waals surface area contributed by atoms with Crippen LogP contribution in [0, 0.1) is 5.92 Å². The molecule has 0 bridgehead atoms. The molecule has 2 aliphatic rings. The number of fused-ring (bicyclic) bond motifs is 1. The molecule has 0 unspecified atom stereocenters. The molecule has 98 valence electrons. The van der Waals surface area contributed by atoms with E-state index in [9.17, 15) is 4.79 Å². The van der Waals surface area contributed by atoms with Gasteiger partial charge in [-0.15, -0.1) is 0 Å². The van der Waals surface area contributed by atoms with E-state index in [0.717, 1.165) is 24.2 Å². The lowest BCUT2D eigenvalue weighted by atomic mass is 9.82. The Bertz CT molecular complexity index is 555. The van der Waals surface area contributed by atoms with E-state index in [2.05, 4.69) is 0 Å². The molecule has 19 heavy (non-hydrogen) atoms. The maximum Gasteiger partial charge on any atom is 0.338 e. The van der Waals surface area contributed by atoms with Crippen molar-refractivity contribution < 1.29 is 14.3 Å². The monoisotopic (exact) mass is 256 g/mol. The molecule has 0 saturated carbocycles. The first kappa shape index (κ1) is 12.2. The van der Waals surface area contributed by atoms with Crippen LogP contribution in [0.2, 0.25) is 0 Å². The zero-order valence-corrected chi connectivity index (χ0v) is 10.9. The first-order valence-corrected chi connectivity index (χ1v) is 6.44. The van der Waals surface area contributed by atoms with E-state index in [1.165, 1.54) is 12.7 Å². The molecule has 1 aliphatic carbocycles. The van der Waals surface area contributed by atoms with Gasteiger partial charge in [-0.05, 0) is 29.2 Å². The van der Waals surface area contributed by atoms with Gasteiger partial charge in [0.2, 0.25) is 0 Å². The van der Waals surface area contributed by atoms with Gasteiger partial charge in [0.05, 0.1) is 25.9 Å². The normalized spacial score (nSPS) is 21.9. The van der Waals surface area contributed by atoms with Crippen LogP contribution < -0.4 is 0 Å². The van der Waals surface area contributed by atoms with Crippen molar-refractivity contribution >= 4 is 11.5 Å². The Morgan fingerprint density at radius 1 is 1.32 bits per heavy atom. The van der Waals surface area contributed by atoms with Crippen LogP contribution in [0.5, 0.6) is 0 Å². The topological polar surface area (TPSA) is 35.5 Å². The number of rotatable bonds is 2. The van der Waals surface area contributed by atoms with Crippen molar-refractivity contribution in [3.8, 4) is 0 Å². The van der Waals surface area contributed by atoms with E-state index in [1.807, 2.05) is 36.4 Å².